The maximum Gasteiger partial charge on any atom is 0.221 e. The Morgan fingerprint density at radius 3 is 2.46 bits per heavy atom. The first-order chi connectivity index (χ1) is 6.00. The van der Waals surface area contributed by atoms with Gasteiger partial charge in [0.15, 0.2) is 0 Å². The number of rotatable bonds is 1. The van der Waals surface area contributed by atoms with Crippen molar-refractivity contribution in [3.63, 3.8) is 0 Å². The number of hydrogen-bond donors (Lipinski definition) is 2. The summed E-state index contributed by atoms with van der Waals surface area (Å²) in [4.78, 5) is 10.8. The summed E-state index contributed by atoms with van der Waals surface area (Å²) in [5, 5.41) is 2.72. The summed E-state index contributed by atoms with van der Waals surface area (Å²) in [5.41, 5.74) is 9.27. The molecule has 0 bridgehead atoms. The van der Waals surface area contributed by atoms with E-state index < -0.39 is 0 Å². The highest BCUT2D eigenvalue weighted by atomic mass is 16.1. The van der Waals surface area contributed by atoms with E-state index in [1.54, 1.807) is 6.07 Å². The van der Waals surface area contributed by atoms with Crippen LogP contribution < -0.4 is 11.1 Å². The molecular weight excluding hydrogens is 164 g/mol. The summed E-state index contributed by atoms with van der Waals surface area (Å²) in [6.07, 6.45) is 0. The molecule has 1 aromatic rings. The molecule has 70 valence electrons. The molecule has 0 aliphatic heterocycles. The maximum atomic E-state index is 10.8. The zero-order chi connectivity index (χ0) is 10.0. The van der Waals surface area contributed by atoms with Crippen molar-refractivity contribution < 1.29 is 4.79 Å². The molecule has 3 heteroatoms. The van der Waals surface area contributed by atoms with Crippen molar-refractivity contribution >= 4 is 17.3 Å². The van der Waals surface area contributed by atoms with Gasteiger partial charge in [0.25, 0.3) is 0 Å². The van der Waals surface area contributed by atoms with Crippen LogP contribution in [0.1, 0.15) is 18.1 Å². The van der Waals surface area contributed by atoms with Crippen LogP contribution in [0.25, 0.3) is 0 Å². The van der Waals surface area contributed by atoms with Crippen molar-refractivity contribution in [2.24, 2.45) is 0 Å². The molecule has 0 atom stereocenters. The Hall–Kier alpha value is -1.51. The van der Waals surface area contributed by atoms with Crippen LogP contribution in [-0.2, 0) is 4.79 Å². The molecule has 0 saturated heterocycles. The van der Waals surface area contributed by atoms with E-state index in [0.29, 0.717) is 5.69 Å². The van der Waals surface area contributed by atoms with Crippen LogP contribution >= 0.6 is 0 Å². The Kier molecular flexibility index (Phi) is 2.56. The highest BCUT2D eigenvalue weighted by molar-refractivity contribution is 5.90. The van der Waals surface area contributed by atoms with Gasteiger partial charge in [-0.15, -0.1) is 0 Å². The second-order valence-corrected chi connectivity index (χ2v) is 3.20. The molecule has 0 aromatic heterocycles. The van der Waals surface area contributed by atoms with E-state index in [9.17, 15) is 4.79 Å². The lowest BCUT2D eigenvalue weighted by atomic mass is 10.1. The molecule has 0 spiro atoms. The fourth-order valence-corrected chi connectivity index (χ4v) is 1.19. The minimum Gasteiger partial charge on any atom is -0.398 e. The van der Waals surface area contributed by atoms with Crippen molar-refractivity contribution in [3.05, 3.63) is 23.3 Å². The van der Waals surface area contributed by atoms with Gasteiger partial charge in [0.05, 0.1) is 0 Å². The van der Waals surface area contributed by atoms with Gasteiger partial charge in [-0.3, -0.25) is 4.79 Å². The number of nitrogens with one attached hydrogen (secondary N) is 1. The molecule has 1 rings (SSSR count). The highest BCUT2D eigenvalue weighted by Crippen LogP contribution is 2.21. The minimum absolute atomic E-state index is 0.0775. The van der Waals surface area contributed by atoms with Crippen molar-refractivity contribution in [1.82, 2.24) is 0 Å². The van der Waals surface area contributed by atoms with E-state index in [4.69, 9.17) is 5.73 Å². The Bertz CT molecular complexity index is 345. The van der Waals surface area contributed by atoms with Crippen molar-refractivity contribution in [2.45, 2.75) is 20.8 Å². The van der Waals surface area contributed by atoms with Gasteiger partial charge in [-0.1, -0.05) is 6.07 Å². The average molecular weight is 178 g/mol. The highest BCUT2D eigenvalue weighted by Gasteiger charge is 2.02. The van der Waals surface area contributed by atoms with Gasteiger partial charge in [0, 0.05) is 18.3 Å². The topological polar surface area (TPSA) is 55.1 Å². The van der Waals surface area contributed by atoms with Crippen LogP contribution in [-0.4, -0.2) is 5.91 Å². The van der Waals surface area contributed by atoms with Gasteiger partial charge in [-0.25, -0.2) is 0 Å². The van der Waals surface area contributed by atoms with Gasteiger partial charge in [0.1, 0.15) is 0 Å². The fourth-order valence-electron chi connectivity index (χ4n) is 1.19. The zero-order valence-electron chi connectivity index (χ0n) is 8.14. The van der Waals surface area contributed by atoms with Crippen molar-refractivity contribution in [1.29, 1.82) is 0 Å². The summed E-state index contributed by atoms with van der Waals surface area (Å²) >= 11 is 0. The average Bonchev–Trinajstić information content (AvgIpc) is 1.99. The Morgan fingerprint density at radius 2 is 1.92 bits per heavy atom. The summed E-state index contributed by atoms with van der Waals surface area (Å²) < 4.78 is 0. The first kappa shape index (κ1) is 9.58. The second kappa shape index (κ2) is 3.47. The van der Waals surface area contributed by atoms with E-state index in [2.05, 4.69) is 5.32 Å². The van der Waals surface area contributed by atoms with Gasteiger partial charge in [-0.2, -0.15) is 0 Å². The number of benzene rings is 1. The third kappa shape index (κ3) is 2.21. The number of carbonyl (C=O) groups is 1. The standard InChI is InChI=1S/C10H14N2O/c1-6-4-7(2)10(5-9(6)11)12-8(3)13/h4-5H,11H2,1-3H3,(H,12,13). The third-order valence-corrected chi connectivity index (χ3v) is 1.92. The van der Waals surface area contributed by atoms with Gasteiger partial charge in [0.2, 0.25) is 5.91 Å². The predicted octanol–water partition coefficient (Wildman–Crippen LogP) is 1.84. The lowest BCUT2D eigenvalue weighted by Gasteiger charge is -2.09. The molecule has 0 saturated carbocycles. The summed E-state index contributed by atoms with van der Waals surface area (Å²) in [6.45, 7) is 5.37. The van der Waals surface area contributed by atoms with Crippen LogP contribution in [0.3, 0.4) is 0 Å². The Labute approximate surface area is 77.9 Å². The summed E-state index contributed by atoms with van der Waals surface area (Å²) in [7, 11) is 0. The van der Waals surface area contributed by atoms with Gasteiger partial charge >= 0.3 is 0 Å². The van der Waals surface area contributed by atoms with E-state index in [1.165, 1.54) is 6.92 Å². The number of carbonyl (C=O) groups excluding carboxylic acids is 1. The SMILES string of the molecule is CC(=O)Nc1cc(N)c(C)cc1C. The first-order valence-electron chi connectivity index (χ1n) is 4.15. The molecule has 0 fully saturated rings. The molecule has 1 aromatic carbocycles. The lowest BCUT2D eigenvalue weighted by molar-refractivity contribution is -0.114. The zero-order valence-corrected chi connectivity index (χ0v) is 8.14. The number of aryl methyl sites for hydroxylation is 2. The largest absolute Gasteiger partial charge is 0.398 e. The molecule has 0 radical (unpaired) electrons. The molecule has 0 heterocycles. The third-order valence-electron chi connectivity index (χ3n) is 1.92. The summed E-state index contributed by atoms with van der Waals surface area (Å²) in [5.74, 6) is -0.0775. The van der Waals surface area contributed by atoms with Crippen LogP contribution in [0.2, 0.25) is 0 Å². The number of amides is 1. The van der Waals surface area contributed by atoms with Crippen LogP contribution in [0.4, 0.5) is 11.4 Å². The van der Waals surface area contributed by atoms with Gasteiger partial charge < -0.3 is 11.1 Å². The number of hydrogen-bond acceptors (Lipinski definition) is 2. The predicted molar refractivity (Wildman–Crippen MR) is 54.6 cm³/mol. The van der Waals surface area contributed by atoms with Crippen molar-refractivity contribution in [2.75, 3.05) is 11.1 Å². The van der Waals surface area contributed by atoms with E-state index >= 15 is 0 Å². The first-order valence-corrected chi connectivity index (χ1v) is 4.15. The molecule has 0 aliphatic rings. The molecule has 0 unspecified atom stereocenters. The molecule has 13 heavy (non-hydrogen) atoms. The normalized spacial score (nSPS) is 9.77. The van der Waals surface area contributed by atoms with Crippen LogP contribution in [0.15, 0.2) is 12.1 Å². The van der Waals surface area contributed by atoms with Gasteiger partial charge in [-0.05, 0) is 31.0 Å². The van der Waals surface area contributed by atoms with Crippen molar-refractivity contribution in [3.8, 4) is 0 Å². The maximum absolute atomic E-state index is 10.8. The van der Waals surface area contributed by atoms with E-state index in [-0.39, 0.29) is 5.91 Å². The molecule has 3 N–H and O–H groups in total. The lowest BCUT2D eigenvalue weighted by Crippen LogP contribution is -2.08. The van der Waals surface area contributed by atoms with E-state index in [0.717, 1.165) is 16.8 Å². The monoisotopic (exact) mass is 178 g/mol. The second-order valence-electron chi connectivity index (χ2n) is 3.20. The van der Waals surface area contributed by atoms with Crippen LogP contribution in [0.5, 0.6) is 0 Å². The van der Waals surface area contributed by atoms with Crippen LogP contribution in [0, 0.1) is 13.8 Å². The summed E-state index contributed by atoms with van der Waals surface area (Å²) in [6, 6.07) is 3.74. The molecular formula is C10H14N2O. The number of anilines is 2. The molecule has 0 aliphatic carbocycles. The molecule has 1 amide bonds. The Balaban J connectivity index is 3.08. The minimum atomic E-state index is -0.0775. The quantitative estimate of drug-likeness (QED) is 0.645. The smallest absolute Gasteiger partial charge is 0.221 e. The fraction of sp³-hybridized carbons (Fsp3) is 0.300. The number of nitrogens with two attached hydrogens (primary N) is 1. The van der Waals surface area contributed by atoms with E-state index in [1.807, 2.05) is 19.9 Å². The number of nitrogen functional groups attached to an aromatic ring is 1. The Morgan fingerprint density at radius 1 is 1.31 bits per heavy atom. The molecule has 3 nitrogen and oxygen atoms in total.